The van der Waals surface area contributed by atoms with Crippen molar-refractivity contribution in [1.29, 1.82) is 0 Å². The van der Waals surface area contributed by atoms with Crippen molar-refractivity contribution in [2.45, 2.75) is 38.9 Å². The summed E-state index contributed by atoms with van der Waals surface area (Å²) in [6.07, 6.45) is 0. The van der Waals surface area contributed by atoms with Gasteiger partial charge in [0.25, 0.3) is 0 Å². The Labute approximate surface area is 122 Å². The van der Waals surface area contributed by atoms with Crippen molar-refractivity contribution in [2.75, 3.05) is 5.75 Å². The Kier molecular flexibility index (Phi) is 5.94. The minimum absolute atomic E-state index is 0.0966. The highest BCUT2D eigenvalue weighted by atomic mass is 32.2. The molecule has 20 heavy (non-hydrogen) atoms. The molecule has 0 spiro atoms. The zero-order valence-electron chi connectivity index (χ0n) is 12.0. The van der Waals surface area contributed by atoms with Gasteiger partial charge in [0.2, 0.25) is 5.91 Å². The van der Waals surface area contributed by atoms with Gasteiger partial charge in [-0.05, 0) is 25.8 Å². The van der Waals surface area contributed by atoms with Gasteiger partial charge in [0.15, 0.2) is 5.16 Å². The van der Waals surface area contributed by atoms with Crippen molar-refractivity contribution in [3.05, 3.63) is 17.5 Å². The van der Waals surface area contributed by atoms with E-state index in [0.29, 0.717) is 5.16 Å². The number of carboxylic acids is 1. The zero-order chi connectivity index (χ0) is 15.3. The van der Waals surface area contributed by atoms with E-state index in [-0.39, 0.29) is 17.6 Å². The van der Waals surface area contributed by atoms with E-state index in [2.05, 4.69) is 15.3 Å². The minimum atomic E-state index is -1.03. The summed E-state index contributed by atoms with van der Waals surface area (Å²) in [7, 11) is 0. The number of carboxylic acid groups (broad SMARTS) is 1. The molecule has 0 radical (unpaired) electrons. The quantitative estimate of drug-likeness (QED) is 0.609. The summed E-state index contributed by atoms with van der Waals surface area (Å²) in [5.74, 6) is -1.43. The van der Waals surface area contributed by atoms with Crippen LogP contribution in [0, 0.1) is 19.8 Å². The number of nitrogens with zero attached hydrogens (tertiary/aromatic N) is 2. The average molecular weight is 297 g/mol. The van der Waals surface area contributed by atoms with Crippen LogP contribution in [0.25, 0.3) is 0 Å². The Morgan fingerprint density at radius 1 is 1.30 bits per heavy atom. The van der Waals surface area contributed by atoms with Crippen LogP contribution in [0.3, 0.4) is 0 Å². The van der Waals surface area contributed by atoms with Crippen LogP contribution in [-0.2, 0) is 9.59 Å². The fraction of sp³-hybridized carbons (Fsp3) is 0.538. The highest BCUT2D eigenvalue weighted by molar-refractivity contribution is 7.99. The number of aliphatic carboxylic acids is 1. The largest absolute Gasteiger partial charge is 0.480 e. The molecular weight excluding hydrogens is 278 g/mol. The van der Waals surface area contributed by atoms with Gasteiger partial charge < -0.3 is 10.4 Å². The number of aromatic nitrogens is 2. The summed E-state index contributed by atoms with van der Waals surface area (Å²) in [5, 5.41) is 12.0. The van der Waals surface area contributed by atoms with Crippen LogP contribution in [0.2, 0.25) is 0 Å². The van der Waals surface area contributed by atoms with Crippen LogP contribution in [0.4, 0.5) is 0 Å². The molecule has 0 aliphatic heterocycles. The second kappa shape index (κ2) is 7.23. The van der Waals surface area contributed by atoms with E-state index in [1.165, 1.54) is 11.8 Å². The maximum Gasteiger partial charge on any atom is 0.326 e. The monoisotopic (exact) mass is 297 g/mol. The SMILES string of the molecule is Cc1cc(C)nc(SCC(=O)N[C@@H](C(=O)O)C(C)C)n1. The summed E-state index contributed by atoms with van der Waals surface area (Å²) < 4.78 is 0. The summed E-state index contributed by atoms with van der Waals surface area (Å²) in [5.41, 5.74) is 1.68. The molecule has 1 aromatic rings. The molecule has 0 aliphatic carbocycles. The lowest BCUT2D eigenvalue weighted by Gasteiger charge is -2.17. The lowest BCUT2D eigenvalue weighted by Crippen LogP contribution is -2.45. The van der Waals surface area contributed by atoms with Gasteiger partial charge in [-0.2, -0.15) is 0 Å². The molecule has 1 rings (SSSR count). The molecule has 7 heteroatoms. The van der Waals surface area contributed by atoms with Gasteiger partial charge in [-0.3, -0.25) is 4.79 Å². The molecule has 2 N–H and O–H groups in total. The number of amides is 1. The minimum Gasteiger partial charge on any atom is -0.480 e. The van der Waals surface area contributed by atoms with Crippen LogP contribution in [0.15, 0.2) is 11.2 Å². The molecule has 1 atom stereocenters. The molecule has 6 nitrogen and oxygen atoms in total. The first-order valence-electron chi connectivity index (χ1n) is 6.27. The molecule has 0 saturated carbocycles. The number of aryl methyl sites for hydroxylation is 2. The van der Waals surface area contributed by atoms with Crippen LogP contribution in [0.5, 0.6) is 0 Å². The summed E-state index contributed by atoms with van der Waals surface area (Å²) in [6.45, 7) is 7.22. The number of rotatable bonds is 6. The number of thioether (sulfide) groups is 1. The molecule has 0 fully saturated rings. The van der Waals surface area contributed by atoms with Gasteiger partial charge in [0.05, 0.1) is 5.75 Å². The van der Waals surface area contributed by atoms with Crippen molar-refractivity contribution >= 4 is 23.6 Å². The number of hydrogen-bond donors (Lipinski definition) is 2. The Morgan fingerprint density at radius 3 is 2.30 bits per heavy atom. The van der Waals surface area contributed by atoms with Crippen molar-refractivity contribution in [2.24, 2.45) is 5.92 Å². The maximum atomic E-state index is 11.8. The molecule has 110 valence electrons. The molecule has 1 aromatic heterocycles. The molecule has 1 amide bonds. The fourth-order valence-electron chi connectivity index (χ4n) is 1.62. The van der Waals surface area contributed by atoms with E-state index in [1.54, 1.807) is 13.8 Å². The molecule has 0 aromatic carbocycles. The predicted molar refractivity (Wildman–Crippen MR) is 76.6 cm³/mol. The van der Waals surface area contributed by atoms with E-state index in [9.17, 15) is 9.59 Å². The van der Waals surface area contributed by atoms with Gasteiger partial charge in [-0.25, -0.2) is 14.8 Å². The third kappa shape index (κ3) is 5.16. The van der Waals surface area contributed by atoms with Crippen LogP contribution >= 0.6 is 11.8 Å². The maximum absolute atomic E-state index is 11.8. The summed E-state index contributed by atoms with van der Waals surface area (Å²) in [4.78, 5) is 31.2. The van der Waals surface area contributed by atoms with Crippen LogP contribution < -0.4 is 5.32 Å². The highest BCUT2D eigenvalue weighted by Gasteiger charge is 2.23. The average Bonchev–Trinajstić information content (AvgIpc) is 2.31. The lowest BCUT2D eigenvalue weighted by atomic mass is 10.1. The van der Waals surface area contributed by atoms with E-state index >= 15 is 0 Å². The number of carbonyl (C=O) groups is 2. The van der Waals surface area contributed by atoms with Gasteiger partial charge >= 0.3 is 5.97 Å². The zero-order valence-corrected chi connectivity index (χ0v) is 12.8. The third-order valence-electron chi connectivity index (χ3n) is 2.54. The number of carbonyl (C=O) groups excluding carboxylic acids is 1. The standard InChI is InChI=1S/C13H19N3O3S/c1-7(2)11(12(18)19)16-10(17)6-20-13-14-8(3)5-9(4)15-13/h5,7,11H,6H2,1-4H3,(H,16,17)(H,18,19)/t11-/m1/s1. The molecule has 0 aliphatic rings. The van der Waals surface area contributed by atoms with E-state index in [1.807, 2.05) is 19.9 Å². The molecule has 1 heterocycles. The van der Waals surface area contributed by atoms with Gasteiger partial charge in [-0.15, -0.1) is 0 Å². The van der Waals surface area contributed by atoms with E-state index in [4.69, 9.17) is 5.11 Å². The van der Waals surface area contributed by atoms with E-state index in [0.717, 1.165) is 11.4 Å². The topological polar surface area (TPSA) is 92.2 Å². The van der Waals surface area contributed by atoms with Gasteiger partial charge in [0.1, 0.15) is 6.04 Å². The number of nitrogens with one attached hydrogen (secondary N) is 1. The Balaban J connectivity index is 2.56. The summed E-state index contributed by atoms with van der Waals surface area (Å²) >= 11 is 1.20. The van der Waals surface area contributed by atoms with Crippen molar-refractivity contribution in [1.82, 2.24) is 15.3 Å². The second-order valence-corrected chi connectivity index (χ2v) is 5.79. The first kappa shape index (κ1) is 16.4. The molecule has 0 saturated heterocycles. The molecule has 0 unspecified atom stereocenters. The van der Waals surface area contributed by atoms with Crippen molar-refractivity contribution < 1.29 is 14.7 Å². The Morgan fingerprint density at radius 2 is 1.85 bits per heavy atom. The molecular formula is C13H19N3O3S. The third-order valence-corrected chi connectivity index (χ3v) is 3.39. The van der Waals surface area contributed by atoms with Gasteiger partial charge in [0, 0.05) is 11.4 Å². The molecule has 0 bridgehead atoms. The Hall–Kier alpha value is -1.63. The highest BCUT2D eigenvalue weighted by Crippen LogP contribution is 2.14. The first-order valence-corrected chi connectivity index (χ1v) is 7.25. The van der Waals surface area contributed by atoms with Crippen LogP contribution in [-0.4, -0.2) is 38.7 Å². The predicted octanol–water partition coefficient (Wildman–Crippen LogP) is 1.41. The van der Waals surface area contributed by atoms with E-state index < -0.39 is 12.0 Å². The smallest absolute Gasteiger partial charge is 0.326 e. The second-order valence-electron chi connectivity index (χ2n) is 4.85. The first-order chi connectivity index (χ1) is 9.29. The van der Waals surface area contributed by atoms with Crippen molar-refractivity contribution in [3.63, 3.8) is 0 Å². The number of hydrogen-bond acceptors (Lipinski definition) is 5. The van der Waals surface area contributed by atoms with Gasteiger partial charge in [-0.1, -0.05) is 25.6 Å². The summed E-state index contributed by atoms with van der Waals surface area (Å²) in [6, 6.07) is 0.979. The fourth-order valence-corrected chi connectivity index (χ4v) is 2.38. The van der Waals surface area contributed by atoms with Crippen LogP contribution in [0.1, 0.15) is 25.2 Å². The lowest BCUT2D eigenvalue weighted by molar-refractivity contribution is -0.142. The van der Waals surface area contributed by atoms with Crippen molar-refractivity contribution in [3.8, 4) is 0 Å². The normalized spacial score (nSPS) is 12.2. The Bertz CT molecular complexity index is 485.